The van der Waals surface area contributed by atoms with Gasteiger partial charge in [0.05, 0.1) is 0 Å². The molecular weight excluding hydrogens is 222 g/mol. The number of aromatic nitrogens is 1. The molecule has 0 radical (unpaired) electrons. The minimum Gasteiger partial charge on any atom is -0.439 e. The third-order valence-electron chi connectivity index (χ3n) is 2.20. The molecule has 1 heterocycles. The number of nitrogens with zero attached hydrogens (tertiary/aromatic N) is 1. The average molecular weight is 234 g/mol. The highest BCUT2D eigenvalue weighted by Crippen LogP contribution is 2.24. The Morgan fingerprint density at radius 2 is 1.81 bits per heavy atom. The Hall–Kier alpha value is -1.54. The zero-order valence-electron chi connectivity index (χ0n) is 9.20. The molecule has 0 saturated carbocycles. The van der Waals surface area contributed by atoms with Crippen LogP contribution in [-0.2, 0) is 0 Å². The standard InChI is InChI=1S/C13H12ClNO/c1-9-7-10(2)13(15-8-9)16-12-5-3-11(14)4-6-12/h3-8H,1-2H3. The molecule has 1 aromatic carbocycles. The van der Waals surface area contributed by atoms with Gasteiger partial charge in [-0.1, -0.05) is 11.6 Å². The molecule has 0 saturated heterocycles. The lowest BCUT2D eigenvalue weighted by atomic mass is 10.2. The minimum atomic E-state index is 0.632. The van der Waals surface area contributed by atoms with Gasteiger partial charge < -0.3 is 4.74 Å². The van der Waals surface area contributed by atoms with Crippen molar-refractivity contribution in [3.05, 3.63) is 52.7 Å². The van der Waals surface area contributed by atoms with Crippen molar-refractivity contribution in [2.45, 2.75) is 13.8 Å². The third kappa shape index (κ3) is 2.52. The van der Waals surface area contributed by atoms with Gasteiger partial charge in [-0.25, -0.2) is 4.98 Å². The number of hydrogen-bond donors (Lipinski definition) is 0. The van der Waals surface area contributed by atoms with Crippen molar-refractivity contribution in [2.75, 3.05) is 0 Å². The van der Waals surface area contributed by atoms with E-state index in [-0.39, 0.29) is 0 Å². The van der Waals surface area contributed by atoms with Crippen molar-refractivity contribution in [3.63, 3.8) is 0 Å². The number of rotatable bonds is 2. The number of pyridine rings is 1. The summed E-state index contributed by atoms with van der Waals surface area (Å²) in [5.74, 6) is 1.37. The van der Waals surface area contributed by atoms with E-state index in [1.807, 2.05) is 32.0 Å². The molecule has 3 heteroatoms. The van der Waals surface area contributed by atoms with Gasteiger partial charge in [-0.05, 0) is 49.7 Å². The molecule has 82 valence electrons. The van der Waals surface area contributed by atoms with Gasteiger partial charge >= 0.3 is 0 Å². The Bertz CT molecular complexity index is 494. The van der Waals surface area contributed by atoms with E-state index in [4.69, 9.17) is 16.3 Å². The largest absolute Gasteiger partial charge is 0.439 e. The van der Waals surface area contributed by atoms with Crippen molar-refractivity contribution in [3.8, 4) is 11.6 Å². The van der Waals surface area contributed by atoms with Crippen LogP contribution < -0.4 is 4.74 Å². The van der Waals surface area contributed by atoms with Gasteiger partial charge in [0, 0.05) is 16.8 Å². The first-order valence-corrected chi connectivity index (χ1v) is 5.39. The van der Waals surface area contributed by atoms with E-state index < -0.39 is 0 Å². The molecule has 0 fully saturated rings. The fraction of sp³-hybridized carbons (Fsp3) is 0.154. The zero-order chi connectivity index (χ0) is 11.5. The summed E-state index contributed by atoms with van der Waals surface area (Å²) in [6.45, 7) is 3.98. The molecule has 0 unspecified atom stereocenters. The van der Waals surface area contributed by atoms with Gasteiger partial charge in [-0.2, -0.15) is 0 Å². The SMILES string of the molecule is Cc1cnc(Oc2ccc(Cl)cc2)c(C)c1. The molecule has 16 heavy (non-hydrogen) atoms. The topological polar surface area (TPSA) is 22.1 Å². The number of hydrogen-bond acceptors (Lipinski definition) is 2. The predicted molar refractivity (Wildman–Crippen MR) is 65.2 cm³/mol. The van der Waals surface area contributed by atoms with Gasteiger partial charge in [0.2, 0.25) is 5.88 Å². The van der Waals surface area contributed by atoms with Crippen LogP contribution in [0.4, 0.5) is 0 Å². The second-order valence-electron chi connectivity index (χ2n) is 3.69. The maximum Gasteiger partial charge on any atom is 0.222 e. The minimum absolute atomic E-state index is 0.632. The van der Waals surface area contributed by atoms with E-state index in [1.54, 1.807) is 18.3 Å². The summed E-state index contributed by atoms with van der Waals surface area (Å²) in [6.07, 6.45) is 1.79. The Labute approximate surface area is 99.9 Å². The van der Waals surface area contributed by atoms with Crippen LogP contribution in [0.3, 0.4) is 0 Å². The molecule has 2 aromatic rings. The van der Waals surface area contributed by atoms with Crippen molar-refractivity contribution in [2.24, 2.45) is 0 Å². The summed E-state index contributed by atoms with van der Waals surface area (Å²) in [6, 6.07) is 9.27. The van der Waals surface area contributed by atoms with E-state index >= 15 is 0 Å². The van der Waals surface area contributed by atoms with E-state index in [1.165, 1.54) is 0 Å². The molecule has 0 aliphatic rings. The third-order valence-corrected chi connectivity index (χ3v) is 2.45. The second kappa shape index (κ2) is 4.54. The highest BCUT2D eigenvalue weighted by molar-refractivity contribution is 6.30. The number of aryl methyl sites for hydroxylation is 2. The molecule has 0 bridgehead atoms. The van der Waals surface area contributed by atoms with E-state index in [0.717, 1.165) is 16.9 Å². The smallest absolute Gasteiger partial charge is 0.222 e. The normalized spacial score (nSPS) is 10.2. The lowest BCUT2D eigenvalue weighted by molar-refractivity contribution is 0.458. The quantitative estimate of drug-likeness (QED) is 0.778. The van der Waals surface area contributed by atoms with Gasteiger partial charge in [0.15, 0.2) is 0 Å². The Kier molecular flexibility index (Phi) is 3.11. The molecule has 2 rings (SSSR count). The number of benzene rings is 1. The van der Waals surface area contributed by atoms with Crippen molar-refractivity contribution in [1.29, 1.82) is 0 Å². The van der Waals surface area contributed by atoms with Crippen LogP contribution in [0.5, 0.6) is 11.6 Å². The molecule has 0 N–H and O–H groups in total. The number of halogens is 1. The highest BCUT2D eigenvalue weighted by Gasteiger charge is 2.02. The van der Waals surface area contributed by atoms with Gasteiger partial charge in [-0.3, -0.25) is 0 Å². The first-order valence-electron chi connectivity index (χ1n) is 5.02. The molecule has 0 amide bonds. The first kappa shape index (κ1) is 11.0. The van der Waals surface area contributed by atoms with Crippen LogP contribution in [0.2, 0.25) is 5.02 Å². The van der Waals surface area contributed by atoms with Crippen molar-refractivity contribution < 1.29 is 4.74 Å². The molecule has 0 spiro atoms. The Morgan fingerprint density at radius 3 is 2.44 bits per heavy atom. The molecule has 0 aliphatic heterocycles. The Balaban J connectivity index is 2.23. The fourth-order valence-electron chi connectivity index (χ4n) is 1.42. The maximum atomic E-state index is 5.80. The summed E-state index contributed by atoms with van der Waals surface area (Å²) in [7, 11) is 0. The zero-order valence-corrected chi connectivity index (χ0v) is 9.95. The van der Waals surface area contributed by atoms with Gasteiger partial charge in [-0.15, -0.1) is 0 Å². The summed E-state index contributed by atoms with van der Waals surface area (Å²) in [4.78, 5) is 4.24. The summed E-state index contributed by atoms with van der Waals surface area (Å²) in [5, 5.41) is 0.695. The predicted octanol–water partition coefficient (Wildman–Crippen LogP) is 4.14. The fourth-order valence-corrected chi connectivity index (χ4v) is 1.55. The molecule has 0 atom stereocenters. The van der Waals surface area contributed by atoms with Crippen LogP contribution in [0.15, 0.2) is 36.5 Å². The maximum absolute atomic E-state index is 5.80. The van der Waals surface area contributed by atoms with E-state index in [9.17, 15) is 0 Å². The molecule has 0 aliphatic carbocycles. The molecule has 1 aromatic heterocycles. The van der Waals surface area contributed by atoms with Crippen LogP contribution in [0, 0.1) is 13.8 Å². The monoisotopic (exact) mass is 233 g/mol. The summed E-state index contributed by atoms with van der Waals surface area (Å²) in [5.41, 5.74) is 2.15. The van der Waals surface area contributed by atoms with Gasteiger partial charge in [0.1, 0.15) is 5.75 Å². The lowest BCUT2D eigenvalue weighted by Crippen LogP contribution is -1.91. The first-order chi connectivity index (χ1) is 7.65. The summed E-state index contributed by atoms with van der Waals surface area (Å²) >= 11 is 5.80. The summed E-state index contributed by atoms with van der Waals surface area (Å²) < 4.78 is 5.65. The second-order valence-corrected chi connectivity index (χ2v) is 4.13. The van der Waals surface area contributed by atoms with E-state index in [0.29, 0.717) is 10.9 Å². The van der Waals surface area contributed by atoms with Gasteiger partial charge in [0.25, 0.3) is 0 Å². The van der Waals surface area contributed by atoms with Crippen LogP contribution in [-0.4, -0.2) is 4.98 Å². The van der Waals surface area contributed by atoms with Crippen LogP contribution in [0.1, 0.15) is 11.1 Å². The molecular formula is C13H12ClNO. The number of ether oxygens (including phenoxy) is 1. The van der Waals surface area contributed by atoms with Crippen molar-refractivity contribution in [1.82, 2.24) is 4.98 Å². The average Bonchev–Trinajstić information content (AvgIpc) is 2.25. The highest BCUT2D eigenvalue weighted by atomic mass is 35.5. The lowest BCUT2D eigenvalue weighted by Gasteiger charge is -2.07. The van der Waals surface area contributed by atoms with Crippen LogP contribution >= 0.6 is 11.6 Å². The van der Waals surface area contributed by atoms with Crippen LogP contribution in [0.25, 0.3) is 0 Å². The van der Waals surface area contributed by atoms with Crippen molar-refractivity contribution >= 4 is 11.6 Å². The van der Waals surface area contributed by atoms with E-state index in [2.05, 4.69) is 4.98 Å². The molecule has 2 nitrogen and oxygen atoms in total. The Morgan fingerprint density at radius 1 is 1.12 bits per heavy atom.